The fourth-order valence-corrected chi connectivity index (χ4v) is 3.50. The van der Waals surface area contributed by atoms with E-state index in [1.165, 1.54) is 19.3 Å². The lowest BCUT2D eigenvalue weighted by atomic mass is 10.0. The van der Waals surface area contributed by atoms with E-state index in [0.717, 1.165) is 31.7 Å². The molecule has 2 aliphatic heterocycles. The lowest BCUT2D eigenvalue weighted by Crippen LogP contribution is -2.52. The molecule has 0 saturated carbocycles. The minimum Gasteiger partial charge on any atom is -0.390 e. The zero-order chi connectivity index (χ0) is 16.2. The Labute approximate surface area is 142 Å². The van der Waals surface area contributed by atoms with Gasteiger partial charge in [0, 0.05) is 25.3 Å². The van der Waals surface area contributed by atoms with Crippen molar-refractivity contribution in [3.63, 3.8) is 0 Å². The van der Waals surface area contributed by atoms with Crippen molar-refractivity contribution in [3.8, 4) is 0 Å². The number of nitrogens with one attached hydrogen (secondary N) is 2. The van der Waals surface area contributed by atoms with Gasteiger partial charge in [-0.15, -0.1) is 0 Å². The molecule has 23 heavy (non-hydrogen) atoms. The molecule has 1 aromatic carbocycles. The largest absolute Gasteiger partial charge is 0.390 e. The first-order chi connectivity index (χ1) is 11.1. The van der Waals surface area contributed by atoms with Gasteiger partial charge in [0.2, 0.25) is 0 Å². The number of amides is 1. The smallest absolute Gasteiger partial charge is 0.253 e. The third-order valence-corrected chi connectivity index (χ3v) is 5.01. The number of nitrogens with zero attached hydrogens (tertiary/aromatic N) is 1. The molecule has 0 radical (unpaired) electrons. The Morgan fingerprint density at radius 3 is 2.83 bits per heavy atom. The highest BCUT2D eigenvalue weighted by molar-refractivity contribution is 6.34. The number of carbonyl (C=O) groups excluding carboxylic acids is 1. The van der Waals surface area contributed by atoms with Gasteiger partial charge in [-0.2, -0.15) is 0 Å². The maximum atomic E-state index is 12.6. The van der Waals surface area contributed by atoms with Gasteiger partial charge in [0.15, 0.2) is 0 Å². The zero-order valence-corrected chi connectivity index (χ0v) is 14.0. The minimum absolute atomic E-state index is 0.209. The predicted octanol–water partition coefficient (Wildman–Crippen LogP) is 1.78. The Morgan fingerprint density at radius 1 is 1.30 bits per heavy atom. The molecule has 0 spiro atoms. The minimum atomic E-state index is -0.559. The lowest BCUT2D eigenvalue weighted by Gasteiger charge is -2.30. The van der Waals surface area contributed by atoms with Gasteiger partial charge in [-0.25, -0.2) is 0 Å². The monoisotopic (exact) mass is 337 g/mol. The number of hydrogen-bond donors (Lipinski definition) is 3. The van der Waals surface area contributed by atoms with Crippen LogP contribution in [0.4, 0.5) is 5.69 Å². The second-order valence-electron chi connectivity index (χ2n) is 6.35. The Kier molecular flexibility index (Phi) is 5.41. The van der Waals surface area contributed by atoms with Gasteiger partial charge < -0.3 is 20.6 Å². The second-order valence-corrected chi connectivity index (χ2v) is 6.76. The van der Waals surface area contributed by atoms with Crippen LogP contribution < -0.4 is 15.5 Å². The van der Waals surface area contributed by atoms with E-state index in [1.54, 1.807) is 6.07 Å². The van der Waals surface area contributed by atoms with Crippen molar-refractivity contribution in [1.29, 1.82) is 0 Å². The van der Waals surface area contributed by atoms with Crippen molar-refractivity contribution in [2.24, 2.45) is 0 Å². The molecule has 2 atom stereocenters. The number of benzene rings is 1. The van der Waals surface area contributed by atoms with E-state index in [2.05, 4.69) is 15.5 Å². The van der Waals surface area contributed by atoms with Crippen molar-refractivity contribution >= 4 is 23.2 Å². The Balaban J connectivity index is 1.73. The summed E-state index contributed by atoms with van der Waals surface area (Å²) < 4.78 is 0. The number of hydrogen-bond acceptors (Lipinski definition) is 4. The second kappa shape index (κ2) is 7.51. The van der Waals surface area contributed by atoms with Crippen molar-refractivity contribution in [2.45, 2.75) is 37.8 Å². The van der Waals surface area contributed by atoms with Crippen molar-refractivity contribution < 1.29 is 9.90 Å². The Hall–Kier alpha value is -1.30. The van der Waals surface area contributed by atoms with Gasteiger partial charge in [-0.3, -0.25) is 4.79 Å². The first-order valence-electron chi connectivity index (χ1n) is 8.39. The standard InChI is InChI=1S/C17H24ClN3O2/c18-14-5-4-12(21-8-2-1-3-9-21)10-13(14)17(23)20-15-6-7-19-11-16(15)22/h4-5,10,15-16,19,22H,1-3,6-9,11H2,(H,20,23). The van der Waals surface area contributed by atoms with Gasteiger partial charge in [-0.1, -0.05) is 11.6 Å². The fourth-order valence-electron chi connectivity index (χ4n) is 3.29. The Bertz CT molecular complexity index is 561. The first kappa shape index (κ1) is 16.6. The molecule has 0 aliphatic carbocycles. The quantitative estimate of drug-likeness (QED) is 0.786. The molecule has 2 heterocycles. The van der Waals surface area contributed by atoms with E-state index in [-0.39, 0.29) is 11.9 Å². The van der Waals surface area contributed by atoms with E-state index >= 15 is 0 Å². The molecule has 3 N–H and O–H groups in total. The summed E-state index contributed by atoms with van der Waals surface area (Å²) in [5.41, 5.74) is 1.53. The van der Waals surface area contributed by atoms with Crippen molar-refractivity contribution in [2.75, 3.05) is 31.1 Å². The molecule has 2 saturated heterocycles. The highest BCUT2D eigenvalue weighted by atomic mass is 35.5. The van der Waals surface area contributed by atoms with E-state index in [1.807, 2.05) is 12.1 Å². The van der Waals surface area contributed by atoms with Gasteiger partial charge in [0.1, 0.15) is 0 Å². The summed E-state index contributed by atoms with van der Waals surface area (Å²) in [7, 11) is 0. The van der Waals surface area contributed by atoms with E-state index in [4.69, 9.17) is 11.6 Å². The van der Waals surface area contributed by atoms with Crippen LogP contribution in [0.2, 0.25) is 5.02 Å². The molecular weight excluding hydrogens is 314 g/mol. The molecule has 0 bridgehead atoms. The maximum absolute atomic E-state index is 12.6. The summed E-state index contributed by atoms with van der Waals surface area (Å²) in [5.74, 6) is -0.209. The Morgan fingerprint density at radius 2 is 2.09 bits per heavy atom. The number of carbonyl (C=O) groups is 1. The third-order valence-electron chi connectivity index (χ3n) is 4.68. The summed E-state index contributed by atoms with van der Waals surface area (Å²) in [6, 6.07) is 5.41. The summed E-state index contributed by atoms with van der Waals surface area (Å²) in [5, 5.41) is 16.5. The third kappa shape index (κ3) is 3.97. The number of aliphatic hydroxyl groups excluding tert-OH is 1. The lowest BCUT2D eigenvalue weighted by molar-refractivity contribution is 0.0765. The van der Waals surface area contributed by atoms with Gasteiger partial charge in [0.05, 0.1) is 22.7 Å². The molecule has 2 fully saturated rings. The topological polar surface area (TPSA) is 64.6 Å². The number of aliphatic hydroxyl groups is 1. The molecule has 2 unspecified atom stereocenters. The van der Waals surface area contributed by atoms with Crippen LogP contribution >= 0.6 is 11.6 Å². The van der Waals surface area contributed by atoms with E-state index < -0.39 is 6.10 Å². The number of anilines is 1. The van der Waals surface area contributed by atoms with Gasteiger partial charge in [-0.05, 0) is 50.4 Å². The number of halogens is 1. The van der Waals surface area contributed by atoms with Crippen LogP contribution in [0.25, 0.3) is 0 Å². The van der Waals surface area contributed by atoms with Crippen LogP contribution in [0.5, 0.6) is 0 Å². The summed E-state index contributed by atoms with van der Waals surface area (Å²) in [6.45, 7) is 3.35. The normalized spacial score (nSPS) is 25.2. The molecule has 6 heteroatoms. The average Bonchev–Trinajstić information content (AvgIpc) is 2.58. The molecule has 1 aromatic rings. The van der Waals surface area contributed by atoms with Crippen LogP contribution in [0.1, 0.15) is 36.0 Å². The van der Waals surface area contributed by atoms with Crippen LogP contribution in [-0.4, -0.2) is 49.3 Å². The SMILES string of the molecule is O=C(NC1CCNCC1O)c1cc(N2CCCCC2)ccc1Cl. The number of β-amino-alcohol motifs (C(OH)–C–C–N with tert-alkyl or cyclic N) is 1. The number of piperidine rings is 2. The number of rotatable bonds is 3. The van der Waals surface area contributed by atoms with Crippen molar-refractivity contribution in [3.05, 3.63) is 28.8 Å². The molecular formula is C17H24ClN3O2. The van der Waals surface area contributed by atoms with Crippen LogP contribution in [-0.2, 0) is 0 Å². The van der Waals surface area contributed by atoms with Crippen molar-refractivity contribution in [1.82, 2.24) is 10.6 Å². The molecule has 126 valence electrons. The molecule has 1 amide bonds. The highest BCUT2D eigenvalue weighted by Crippen LogP contribution is 2.26. The van der Waals surface area contributed by atoms with Crippen LogP contribution in [0.15, 0.2) is 18.2 Å². The van der Waals surface area contributed by atoms with Gasteiger partial charge in [0.25, 0.3) is 5.91 Å². The van der Waals surface area contributed by atoms with Crippen LogP contribution in [0, 0.1) is 0 Å². The maximum Gasteiger partial charge on any atom is 0.253 e. The summed E-state index contributed by atoms with van der Waals surface area (Å²) in [6.07, 6.45) is 3.80. The van der Waals surface area contributed by atoms with E-state index in [0.29, 0.717) is 17.1 Å². The zero-order valence-electron chi connectivity index (χ0n) is 13.2. The van der Waals surface area contributed by atoms with Crippen LogP contribution in [0.3, 0.4) is 0 Å². The summed E-state index contributed by atoms with van der Waals surface area (Å²) in [4.78, 5) is 14.9. The molecule has 2 aliphatic rings. The molecule has 3 rings (SSSR count). The predicted molar refractivity (Wildman–Crippen MR) is 92.3 cm³/mol. The summed E-state index contributed by atoms with van der Waals surface area (Å²) >= 11 is 6.23. The fraction of sp³-hybridized carbons (Fsp3) is 0.588. The van der Waals surface area contributed by atoms with Gasteiger partial charge >= 0.3 is 0 Å². The first-order valence-corrected chi connectivity index (χ1v) is 8.77. The average molecular weight is 338 g/mol. The molecule has 5 nitrogen and oxygen atoms in total. The highest BCUT2D eigenvalue weighted by Gasteiger charge is 2.25. The molecule has 0 aromatic heterocycles. The van der Waals surface area contributed by atoms with E-state index in [9.17, 15) is 9.90 Å².